The molecule has 4 atom stereocenters. The Morgan fingerprint density at radius 3 is 2.87 bits per heavy atom. The van der Waals surface area contributed by atoms with Gasteiger partial charge in [0.1, 0.15) is 30.3 Å². The second-order valence-corrected chi connectivity index (χ2v) is 6.33. The van der Waals surface area contributed by atoms with Crippen molar-refractivity contribution in [3.63, 3.8) is 0 Å². The minimum atomic E-state index is -4.70. The van der Waals surface area contributed by atoms with Gasteiger partial charge in [0.05, 0.1) is 13.3 Å². The van der Waals surface area contributed by atoms with E-state index in [9.17, 15) is 14.8 Å². The molecule has 3 heterocycles. The molecule has 12 nitrogen and oxygen atoms in total. The molecule has 0 spiro atoms. The molecule has 3 rings (SSSR count). The van der Waals surface area contributed by atoms with E-state index in [4.69, 9.17) is 20.3 Å². The maximum absolute atomic E-state index is 10.7. The van der Waals surface area contributed by atoms with E-state index < -0.39 is 39.0 Å². The molecule has 1 aromatic heterocycles. The monoisotopic (exact) mass is 349 g/mol. The second kappa shape index (κ2) is 5.83. The lowest BCUT2D eigenvalue weighted by Gasteiger charge is -2.26. The molecule has 0 bridgehead atoms. The number of rotatable bonds is 4. The van der Waals surface area contributed by atoms with Crippen LogP contribution in [0.3, 0.4) is 0 Å². The number of fused-ring (bicyclic) bond motifs is 1. The molecule has 0 amide bonds. The smallest absolute Gasteiger partial charge is 0.387 e. The molecule has 2 aliphatic heterocycles. The number of aliphatic hydroxyl groups excluding tert-OH is 2. The van der Waals surface area contributed by atoms with Crippen LogP contribution in [0.2, 0.25) is 0 Å². The van der Waals surface area contributed by atoms with Gasteiger partial charge in [-0.3, -0.25) is 4.52 Å². The summed E-state index contributed by atoms with van der Waals surface area (Å²) in [5.74, 6) is 0.622. The number of hydrogen-bond donors (Lipinski definition) is 6. The molecule has 0 aromatic carbocycles. The first kappa shape index (κ1) is 16.3. The largest absolute Gasteiger partial charge is 0.469 e. The summed E-state index contributed by atoms with van der Waals surface area (Å²) in [5, 5.41) is 23.1. The van der Waals surface area contributed by atoms with Gasteiger partial charge >= 0.3 is 7.82 Å². The summed E-state index contributed by atoms with van der Waals surface area (Å²) in [6, 6.07) is 0. The fourth-order valence-electron chi connectivity index (χ4n) is 2.52. The van der Waals surface area contributed by atoms with Crippen molar-refractivity contribution in [2.24, 2.45) is 0 Å². The highest BCUT2D eigenvalue weighted by Crippen LogP contribution is 2.39. The van der Waals surface area contributed by atoms with Crippen LogP contribution in [0.4, 0.5) is 17.3 Å². The fourth-order valence-corrected chi connectivity index (χ4v) is 2.86. The van der Waals surface area contributed by atoms with Crippen molar-refractivity contribution in [3.05, 3.63) is 6.33 Å². The van der Waals surface area contributed by atoms with Crippen molar-refractivity contribution in [2.75, 3.05) is 29.2 Å². The minimum absolute atomic E-state index is 0.207. The molecule has 0 saturated carbocycles. The van der Waals surface area contributed by atoms with E-state index in [1.165, 1.54) is 11.2 Å². The van der Waals surface area contributed by atoms with Crippen molar-refractivity contribution in [2.45, 2.75) is 24.5 Å². The third kappa shape index (κ3) is 3.10. The maximum Gasteiger partial charge on any atom is 0.469 e. The molecule has 23 heavy (non-hydrogen) atoms. The lowest BCUT2D eigenvalue weighted by atomic mass is 10.1. The van der Waals surface area contributed by atoms with Crippen molar-refractivity contribution in [1.29, 1.82) is 0 Å². The van der Waals surface area contributed by atoms with Gasteiger partial charge in [-0.05, 0) is 0 Å². The second-order valence-electron chi connectivity index (χ2n) is 5.09. The Morgan fingerprint density at radius 2 is 2.17 bits per heavy atom. The lowest BCUT2D eigenvalue weighted by Crippen LogP contribution is -2.44. The number of aliphatic hydroxyl groups is 2. The third-order valence-corrected chi connectivity index (χ3v) is 4.09. The van der Waals surface area contributed by atoms with E-state index in [1.54, 1.807) is 0 Å². The van der Waals surface area contributed by atoms with Gasteiger partial charge in [0.15, 0.2) is 17.9 Å². The number of anilines is 3. The molecular weight excluding hydrogens is 333 g/mol. The van der Waals surface area contributed by atoms with Crippen LogP contribution in [0.1, 0.15) is 0 Å². The summed E-state index contributed by atoms with van der Waals surface area (Å²) >= 11 is 0. The maximum atomic E-state index is 10.7. The van der Waals surface area contributed by atoms with Crippen LogP contribution >= 0.6 is 7.82 Å². The zero-order chi connectivity index (χ0) is 16.8. The highest BCUT2D eigenvalue weighted by atomic mass is 31.2. The summed E-state index contributed by atoms with van der Waals surface area (Å²) < 4.78 is 20.5. The van der Waals surface area contributed by atoms with Crippen LogP contribution in [0.15, 0.2) is 6.33 Å². The van der Waals surface area contributed by atoms with Gasteiger partial charge in [-0.2, -0.15) is 0 Å². The molecular formula is C10H16N5O7P. The lowest BCUT2D eigenvalue weighted by molar-refractivity contribution is -0.0216. The molecule has 7 N–H and O–H groups in total. The molecule has 128 valence electrons. The third-order valence-electron chi connectivity index (χ3n) is 3.61. The molecule has 1 fully saturated rings. The van der Waals surface area contributed by atoms with Gasteiger partial charge in [0.2, 0.25) is 0 Å². The summed E-state index contributed by atoms with van der Waals surface area (Å²) in [5.41, 5.74) is 6.20. The highest BCUT2D eigenvalue weighted by molar-refractivity contribution is 7.46. The predicted octanol–water partition coefficient (Wildman–Crippen LogP) is -2.20. The molecule has 1 aromatic rings. The number of nitrogens with two attached hydrogens (primary N) is 1. The first-order valence-corrected chi connectivity index (χ1v) is 8.13. The van der Waals surface area contributed by atoms with Crippen molar-refractivity contribution in [3.8, 4) is 0 Å². The normalized spacial score (nSPS) is 30.3. The van der Waals surface area contributed by atoms with Crippen LogP contribution in [0.25, 0.3) is 0 Å². The van der Waals surface area contributed by atoms with E-state index in [2.05, 4.69) is 19.8 Å². The summed E-state index contributed by atoms with van der Waals surface area (Å²) in [7, 11) is -4.70. The Bertz CT molecular complexity index is 642. The minimum Gasteiger partial charge on any atom is -0.387 e. The summed E-state index contributed by atoms with van der Waals surface area (Å²) in [6.45, 7) is -0.363. The van der Waals surface area contributed by atoms with Crippen molar-refractivity contribution in [1.82, 2.24) is 9.97 Å². The number of nitrogen functional groups attached to an aromatic ring is 1. The van der Waals surface area contributed by atoms with Crippen molar-refractivity contribution < 1.29 is 33.8 Å². The number of aromatic nitrogens is 2. The Labute approximate surface area is 130 Å². The molecule has 0 unspecified atom stereocenters. The number of nitrogens with one attached hydrogen (secondary N) is 1. The van der Waals surface area contributed by atoms with E-state index in [-0.39, 0.29) is 12.5 Å². The Kier molecular flexibility index (Phi) is 4.14. The standard InChI is InChI=1S/C10H16N5O7P/c11-8-5-9(13-2-12-8)15(3-14-5)10-7(17)6(16)4(22-10)1-21-23(18,19)20/h2,4,6-7,10,14,16-17H,1,3H2,(H2,11,12,13)(H2,18,19,20)/t4-,6-,7-,10-/m1/s1. The van der Waals surface area contributed by atoms with E-state index in [1.807, 2.05) is 0 Å². The van der Waals surface area contributed by atoms with E-state index in [0.29, 0.717) is 11.5 Å². The molecule has 0 radical (unpaired) electrons. The molecule has 2 aliphatic rings. The number of phosphoric acid groups is 1. The quantitative estimate of drug-likeness (QED) is 0.323. The average molecular weight is 349 g/mol. The van der Waals surface area contributed by atoms with Crippen LogP contribution in [-0.2, 0) is 13.8 Å². The number of phosphoric ester groups is 1. The topological polar surface area (TPSA) is 184 Å². The predicted molar refractivity (Wildman–Crippen MR) is 76.1 cm³/mol. The van der Waals surface area contributed by atoms with Crippen LogP contribution in [0, 0.1) is 0 Å². The average Bonchev–Trinajstić information content (AvgIpc) is 3.01. The number of nitrogens with zero attached hydrogens (tertiary/aromatic N) is 3. The van der Waals surface area contributed by atoms with Gasteiger partial charge in [-0.15, -0.1) is 0 Å². The number of ether oxygens (including phenoxy) is 1. The number of hydrogen-bond acceptors (Lipinski definition) is 10. The van der Waals surface area contributed by atoms with Gasteiger partial charge in [-0.1, -0.05) is 0 Å². The van der Waals surface area contributed by atoms with Gasteiger partial charge in [0.25, 0.3) is 0 Å². The highest BCUT2D eigenvalue weighted by Gasteiger charge is 2.48. The SMILES string of the molecule is Nc1ncnc2c1NCN2[C@@H]1O[C@H](COP(=O)(O)O)[C@@H](O)[C@H]1O. The fraction of sp³-hybridized carbons (Fsp3) is 0.600. The Balaban J connectivity index is 1.75. The van der Waals surface area contributed by atoms with Crippen molar-refractivity contribution >= 4 is 25.1 Å². The van der Waals surface area contributed by atoms with Crippen LogP contribution in [0.5, 0.6) is 0 Å². The zero-order valence-corrected chi connectivity index (χ0v) is 12.6. The first-order valence-electron chi connectivity index (χ1n) is 6.60. The van der Waals surface area contributed by atoms with E-state index in [0.717, 1.165) is 0 Å². The van der Waals surface area contributed by atoms with Crippen LogP contribution in [-0.4, -0.2) is 67.8 Å². The molecule has 1 saturated heterocycles. The molecule has 0 aliphatic carbocycles. The van der Waals surface area contributed by atoms with Gasteiger partial charge < -0.3 is 40.7 Å². The van der Waals surface area contributed by atoms with Crippen LogP contribution < -0.4 is 16.0 Å². The zero-order valence-electron chi connectivity index (χ0n) is 11.7. The Morgan fingerprint density at radius 1 is 1.43 bits per heavy atom. The first-order chi connectivity index (χ1) is 10.8. The van der Waals surface area contributed by atoms with Gasteiger partial charge in [0, 0.05) is 0 Å². The molecule has 13 heteroatoms. The summed E-state index contributed by atoms with van der Waals surface area (Å²) in [6.07, 6.45) is -3.55. The Hall–Kier alpha value is -1.53. The van der Waals surface area contributed by atoms with Gasteiger partial charge in [-0.25, -0.2) is 14.5 Å². The summed E-state index contributed by atoms with van der Waals surface area (Å²) in [4.78, 5) is 26.8. The van der Waals surface area contributed by atoms with E-state index >= 15 is 0 Å².